The second kappa shape index (κ2) is 9.71. The van der Waals surface area contributed by atoms with Crippen molar-refractivity contribution in [3.05, 3.63) is 64.7 Å². The van der Waals surface area contributed by atoms with Crippen LogP contribution < -0.4 is 4.72 Å². The first-order valence-corrected chi connectivity index (χ1v) is 11.6. The Morgan fingerprint density at radius 1 is 1.07 bits per heavy atom. The van der Waals surface area contributed by atoms with Gasteiger partial charge in [-0.25, -0.2) is 13.1 Å². The highest BCUT2D eigenvalue weighted by Crippen LogP contribution is 2.16. The molecule has 1 heterocycles. The van der Waals surface area contributed by atoms with Gasteiger partial charge in [-0.05, 0) is 42.3 Å². The minimum absolute atomic E-state index is 0.115. The van der Waals surface area contributed by atoms with Crippen molar-refractivity contribution in [3.63, 3.8) is 0 Å². The quantitative estimate of drug-likeness (QED) is 0.757. The van der Waals surface area contributed by atoms with Crippen molar-refractivity contribution in [3.8, 4) is 0 Å². The van der Waals surface area contributed by atoms with Crippen molar-refractivity contribution < 1.29 is 13.2 Å². The van der Waals surface area contributed by atoms with E-state index >= 15 is 0 Å². The van der Waals surface area contributed by atoms with Crippen LogP contribution in [0.4, 0.5) is 0 Å². The Kier molecular flexibility index (Phi) is 7.29. The van der Waals surface area contributed by atoms with Gasteiger partial charge in [0.2, 0.25) is 10.0 Å². The number of halogens is 1. The molecule has 1 N–H and O–H groups in total. The van der Waals surface area contributed by atoms with Gasteiger partial charge in [0.1, 0.15) is 0 Å². The second-order valence-corrected chi connectivity index (χ2v) is 9.28. The van der Waals surface area contributed by atoms with Gasteiger partial charge in [0.15, 0.2) is 0 Å². The lowest BCUT2D eigenvalue weighted by Gasteiger charge is -2.22. The molecule has 0 radical (unpaired) electrons. The number of nitrogens with one attached hydrogen (secondary N) is 1. The van der Waals surface area contributed by atoms with E-state index < -0.39 is 10.0 Å². The van der Waals surface area contributed by atoms with Crippen LogP contribution in [0.15, 0.2) is 53.4 Å². The molecular weight excluding hydrogens is 410 g/mol. The largest absolute Gasteiger partial charge is 0.337 e. The molecule has 0 spiro atoms. The predicted octanol–water partition coefficient (Wildman–Crippen LogP) is 2.99. The van der Waals surface area contributed by atoms with Crippen molar-refractivity contribution in [1.29, 1.82) is 0 Å². The normalized spacial score (nSPS) is 15.9. The van der Waals surface area contributed by atoms with E-state index in [9.17, 15) is 13.2 Å². The highest BCUT2D eigenvalue weighted by molar-refractivity contribution is 7.89. The average molecular weight is 436 g/mol. The summed E-state index contributed by atoms with van der Waals surface area (Å²) in [7, 11) is -3.59. The van der Waals surface area contributed by atoms with Crippen molar-refractivity contribution in [2.75, 3.05) is 32.7 Å². The molecule has 0 saturated carbocycles. The summed E-state index contributed by atoms with van der Waals surface area (Å²) in [5.74, 6) is -0.133. The van der Waals surface area contributed by atoms with Crippen molar-refractivity contribution in [1.82, 2.24) is 14.5 Å². The highest BCUT2D eigenvalue weighted by atomic mass is 35.5. The van der Waals surface area contributed by atoms with Crippen LogP contribution in [0.5, 0.6) is 0 Å². The van der Waals surface area contributed by atoms with Crippen molar-refractivity contribution >= 4 is 27.5 Å². The molecule has 156 valence electrons. The van der Waals surface area contributed by atoms with E-state index in [4.69, 9.17) is 11.6 Å². The standard InChI is InChI=1S/C21H26ClN3O3S/c1-2-23-29(27,28)20-6-3-5-18(15-20)21(26)25-12-4-11-24(13-14-25)16-17-7-9-19(22)10-8-17/h3,5-10,15,23H,2,4,11-14,16H2,1H3. The first kappa shape index (κ1) is 21.8. The van der Waals surface area contributed by atoms with Gasteiger partial charge in [-0.2, -0.15) is 0 Å². The molecule has 1 aliphatic rings. The van der Waals surface area contributed by atoms with E-state index in [1.807, 2.05) is 24.3 Å². The van der Waals surface area contributed by atoms with Gasteiger partial charge in [0, 0.05) is 49.9 Å². The Balaban J connectivity index is 1.65. The van der Waals surface area contributed by atoms with Crippen LogP contribution in [-0.4, -0.2) is 56.8 Å². The maximum Gasteiger partial charge on any atom is 0.253 e. The van der Waals surface area contributed by atoms with Crippen LogP contribution in [0.3, 0.4) is 0 Å². The van der Waals surface area contributed by atoms with E-state index in [0.29, 0.717) is 25.2 Å². The molecule has 0 aliphatic carbocycles. The number of carbonyl (C=O) groups excluding carboxylic acids is 1. The summed E-state index contributed by atoms with van der Waals surface area (Å²) in [6.45, 7) is 5.77. The molecule has 3 rings (SSSR count). The van der Waals surface area contributed by atoms with Crippen LogP contribution in [0, 0.1) is 0 Å². The minimum Gasteiger partial charge on any atom is -0.337 e. The third-order valence-corrected chi connectivity index (χ3v) is 6.72. The van der Waals surface area contributed by atoms with Crippen LogP contribution in [0.1, 0.15) is 29.3 Å². The molecule has 1 amide bonds. The summed E-state index contributed by atoms with van der Waals surface area (Å²) in [5, 5.41) is 0.722. The van der Waals surface area contributed by atoms with E-state index in [1.54, 1.807) is 24.0 Å². The van der Waals surface area contributed by atoms with E-state index in [2.05, 4.69) is 9.62 Å². The van der Waals surface area contributed by atoms with Crippen LogP contribution in [0.25, 0.3) is 0 Å². The molecule has 29 heavy (non-hydrogen) atoms. The Labute approximate surface area is 177 Å². The lowest BCUT2D eigenvalue weighted by molar-refractivity contribution is 0.0761. The summed E-state index contributed by atoms with van der Waals surface area (Å²) in [5.41, 5.74) is 1.59. The molecule has 0 bridgehead atoms. The zero-order valence-electron chi connectivity index (χ0n) is 16.5. The molecular formula is C21H26ClN3O3S. The van der Waals surface area contributed by atoms with Crippen LogP contribution in [-0.2, 0) is 16.6 Å². The van der Waals surface area contributed by atoms with Crippen molar-refractivity contribution in [2.45, 2.75) is 24.8 Å². The van der Waals surface area contributed by atoms with Gasteiger partial charge in [0.25, 0.3) is 5.91 Å². The number of hydrogen-bond donors (Lipinski definition) is 1. The third-order valence-electron chi connectivity index (χ3n) is 4.92. The fourth-order valence-corrected chi connectivity index (χ4v) is 4.64. The van der Waals surface area contributed by atoms with Gasteiger partial charge in [-0.3, -0.25) is 9.69 Å². The van der Waals surface area contributed by atoms with E-state index in [0.717, 1.165) is 31.1 Å². The first-order chi connectivity index (χ1) is 13.9. The molecule has 0 atom stereocenters. The minimum atomic E-state index is -3.59. The fourth-order valence-electron chi connectivity index (χ4n) is 3.43. The molecule has 0 unspecified atom stereocenters. The Morgan fingerprint density at radius 2 is 1.83 bits per heavy atom. The Hall–Kier alpha value is -1.93. The van der Waals surface area contributed by atoms with Crippen LogP contribution in [0.2, 0.25) is 5.02 Å². The number of carbonyl (C=O) groups is 1. The second-order valence-electron chi connectivity index (χ2n) is 7.08. The Morgan fingerprint density at radius 3 is 2.55 bits per heavy atom. The number of sulfonamides is 1. The van der Waals surface area contributed by atoms with Gasteiger partial charge in [-0.1, -0.05) is 36.7 Å². The van der Waals surface area contributed by atoms with Crippen molar-refractivity contribution in [2.24, 2.45) is 0 Å². The summed E-state index contributed by atoms with van der Waals surface area (Å²) in [4.78, 5) is 17.2. The monoisotopic (exact) mass is 435 g/mol. The summed E-state index contributed by atoms with van der Waals surface area (Å²) < 4.78 is 26.9. The fraction of sp³-hybridized carbons (Fsp3) is 0.381. The number of rotatable bonds is 6. The van der Waals surface area contributed by atoms with Gasteiger partial charge < -0.3 is 4.90 Å². The average Bonchev–Trinajstić information content (AvgIpc) is 2.95. The smallest absolute Gasteiger partial charge is 0.253 e. The lowest BCUT2D eigenvalue weighted by Crippen LogP contribution is -2.35. The highest BCUT2D eigenvalue weighted by Gasteiger charge is 2.22. The summed E-state index contributed by atoms with van der Waals surface area (Å²) in [6.07, 6.45) is 0.870. The maximum atomic E-state index is 13.0. The zero-order chi connectivity index (χ0) is 20.9. The van der Waals surface area contributed by atoms with Gasteiger partial charge in [-0.15, -0.1) is 0 Å². The number of amides is 1. The molecule has 8 heteroatoms. The van der Waals surface area contributed by atoms with Crippen LogP contribution >= 0.6 is 11.6 Å². The zero-order valence-corrected chi connectivity index (χ0v) is 18.0. The number of nitrogens with zero attached hydrogens (tertiary/aromatic N) is 2. The van der Waals surface area contributed by atoms with Gasteiger partial charge >= 0.3 is 0 Å². The maximum absolute atomic E-state index is 13.0. The molecule has 2 aromatic rings. The summed E-state index contributed by atoms with van der Waals surface area (Å²) >= 11 is 5.95. The molecule has 2 aromatic carbocycles. The molecule has 0 aromatic heterocycles. The molecule has 1 saturated heterocycles. The Bertz CT molecular complexity index is 948. The van der Waals surface area contributed by atoms with E-state index in [-0.39, 0.29) is 10.8 Å². The SMILES string of the molecule is CCNS(=O)(=O)c1cccc(C(=O)N2CCCN(Cc3ccc(Cl)cc3)CC2)c1. The third kappa shape index (κ3) is 5.79. The van der Waals surface area contributed by atoms with Gasteiger partial charge in [0.05, 0.1) is 4.90 Å². The van der Waals surface area contributed by atoms with E-state index in [1.165, 1.54) is 17.7 Å². The molecule has 6 nitrogen and oxygen atoms in total. The molecule has 1 fully saturated rings. The lowest BCUT2D eigenvalue weighted by atomic mass is 10.2. The topological polar surface area (TPSA) is 69.7 Å². The predicted molar refractivity (Wildman–Crippen MR) is 115 cm³/mol. The summed E-state index contributed by atoms with van der Waals surface area (Å²) in [6, 6.07) is 14.1. The first-order valence-electron chi connectivity index (χ1n) is 9.75. The molecule has 1 aliphatic heterocycles. The number of benzene rings is 2. The number of hydrogen-bond acceptors (Lipinski definition) is 4.